The van der Waals surface area contributed by atoms with Gasteiger partial charge in [-0.05, 0) is 32.9 Å². The highest BCUT2D eigenvalue weighted by Crippen LogP contribution is 2.19. The molecule has 0 fully saturated rings. The van der Waals surface area contributed by atoms with Gasteiger partial charge in [-0.1, -0.05) is 6.07 Å². The van der Waals surface area contributed by atoms with Crippen LogP contribution in [-0.2, 0) is 9.53 Å². The Balaban J connectivity index is 3.11. The normalized spacial score (nSPS) is 13.6. The second-order valence-electron chi connectivity index (χ2n) is 3.99. The van der Waals surface area contributed by atoms with E-state index in [-0.39, 0.29) is 18.8 Å². The number of carboxylic acids is 1. The van der Waals surface area contributed by atoms with E-state index in [0.29, 0.717) is 0 Å². The number of aliphatic carboxylic acids is 1. The predicted molar refractivity (Wildman–Crippen MR) is 68.6 cm³/mol. The van der Waals surface area contributed by atoms with Crippen molar-refractivity contribution in [3.63, 3.8) is 0 Å². The average Bonchev–Trinajstić information content (AvgIpc) is 2.40. The van der Waals surface area contributed by atoms with Crippen LogP contribution < -0.4 is 0 Å². The maximum Gasteiger partial charge on any atom is 0.357 e. The molecule has 1 N–H and O–H groups in total. The van der Waals surface area contributed by atoms with Crippen LogP contribution in [-0.4, -0.2) is 45.7 Å². The highest BCUT2D eigenvalue weighted by atomic mass is 16.5. The Kier molecular flexibility index (Phi) is 5.00. The number of hydrogen-bond acceptors (Lipinski definition) is 4. The van der Waals surface area contributed by atoms with Gasteiger partial charge in [-0.2, -0.15) is 0 Å². The van der Waals surface area contributed by atoms with Crippen molar-refractivity contribution in [2.45, 2.75) is 26.5 Å². The van der Waals surface area contributed by atoms with E-state index in [4.69, 9.17) is 4.74 Å². The Morgan fingerprint density at radius 2 is 2.11 bits per heavy atom. The number of rotatable bonds is 6. The van der Waals surface area contributed by atoms with Crippen molar-refractivity contribution in [3.8, 4) is 0 Å². The Morgan fingerprint density at radius 1 is 1.42 bits per heavy atom. The van der Waals surface area contributed by atoms with Crippen LogP contribution in [0.25, 0.3) is 0 Å². The molecule has 1 rings (SSSR count). The number of carbonyl (C=O) groups excluding carboxylic acids is 1. The van der Waals surface area contributed by atoms with E-state index >= 15 is 0 Å². The van der Waals surface area contributed by atoms with Gasteiger partial charge in [0.05, 0.1) is 0 Å². The highest BCUT2D eigenvalue weighted by Gasteiger charge is 2.43. The van der Waals surface area contributed by atoms with Crippen molar-refractivity contribution < 1.29 is 19.4 Å². The van der Waals surface area contributed by atoms with Crippen LogP contribution in [0.1, 0.15) is 31.3 Å². The van der Waals surface area contributed by atoms with E-state index in [2.05, 4.69) is 4.98 Å². The lowest BCUT2D eigenvalue weighted by atomic mass is 10.2. The van der Waals surface area contributed by atoms with Gasteiger partial charge in [0.25, 0.3) is 5.91 Å². The lowest BCUT2D eigenvalue weighted by molar-refractivity contribution is -0.184. The Morgan fingerprint density at radius 3 is 2.53 bits per heavy atom. The molecule has 1 aromatic rings. The van der Waals surface area contributed by atoms with Crippen molar-refractivity contribution in [1.82, 2.24) is 9.88 Å². The summed E-state index contributed by atoms with van der Waals surface area (Å²) in [6, 6.07) is 4.90. The molecule has 0 bridgehead atoms. The maximum atomic E-state index is 12.3. The summed E-state index contributed by atoms with van der Waals surface area (Å²) in [6.07, 6.45) is 1.49. The van der Waals surface area contributed by atoms with Gasteiger partial charge in [0.1, 0.15) is 5.69 Å². The predicted octanol–water partition coefficient (Wildman–Crippen LogP) is 1.38. The summed E-state index contributed by atoms with van der Waals surface area (Å²) in [5.74, 6) is -1.68. The molecule has 0 aliphatic carbocycles. The van der Waals surface area contributed by atoms with Crippen LogP contribution in [0, 0.1) is 0 Å². The van der Waals surface area contributed by atoms with Gasteiger partial charge >= 0.3 is 5.97 Å². The number of nitrogens with zero attached hydrogens (tertiary/aromatic N) is 2. The Hall–Kier alpha value is -1.95. The first-order valence-electron chi connectivity index (χ1n) is 6.07. The number of carboxylic acid groups (broad SMARTS) is 1. The van der Waals surface area contributed by atoms with Gasteiger partial charge in [-0.15, -0.1) is 0 Å². The standard InChI is InChI=1S/C13H18N2O4/c1-4-15(13(3,12(17)18)19-5-2)11(16)10-8-6-7-9-14-10/h6-9H,4-5H2,1-3H3,(H,17,18). The molecular weight excluding hydrogens is 248 g/mol. The molecular formula is C13H18N2O4. The van der Waals surface area contributed by atoms with E-state index in [9.17, 15) is 14.7 Å². The van der Waals surface area contributed by atoms with Crippen molar-refractivity contribution in [2.75, 3.05) is 13.2 Å². The summed E-state index contributed by atoms with van der Waals surface area (Å²) in [6.45, 7) is 5.14. The van der Waals surface area contributed by atoms with E-state index < -0.39 is 17.6 Å². The molecule has 0 aliphatic rings. The lowest BCUT2D eigenvalue weighted by Crippen LogP contribution is -2.57. The topological polar surface area (TPSA) is 79.7 Å². The monoisotopic (exact) mass is 266 g/mol. The summed E-state index contributed by atoms with van der Waals surface area (Å²) in [5.41, 5.74) is -1.51. The first-order valence-corrected chi connectivity index (χ1v) is 6.07. The summed E-state index contributed by atoms with van der Waals surface area (Å²) < 4.78 is 5.26. The molecule has 0 spiro atoms. The van der Waals surface area contributed by atoms with E-state index in [1.54, 1.807) is 32.0 Å². The molecule has 1 amide bonds. The third-order valence-corrected chi connectivity index (χ3v) is 2.78. The zero-order valence-corrected chi connectivity index (χ0v) is 11.3. The first-order chi connectivity index (χ1) is 8.97. The minimum atomic E-state index is -1.70. The zero-order chi connectivity index (χ0) is 14.5. The molecule has 0 aromatic carbocycles. The average molecular weight is 266 g/mol. The van der Waals surface area contributed by atoms with Gasteiger partial charge in [0, 0.05) is 19.3 Å². The van der Waals surface area contributed by atoms with Gasteiger partial charge < -0.3 is 9.84 Å². The van der Waals surface area contributed by atoms with Crippen LogP contribution in [0.4, 0.5) is 0 Å². The quantitative estimate of drug-likeness (QED) is 0.787. The fourth-order valence-electron chi connectivity index (χ4n) is 1.80. The fourth-order valence-corrected chi connectivity index (χ4v) is 1.80. The second-order valence-corrected chi connectivity index (χ2v) is 3.99. The molecule has 0 radical (unpaired) electrons. The minimum absolute atomic E-state index is 0.189. The molecule has 6 heteroatoms. The summed E-state index contributed by atoms with van der Waals surface area (Å²) in [5, 5.41) is 9.32. The number of likely N-dealkylation sites (N-methyl/N-ethyl adjacent to an activating group) is 1. The van der Waals surface area contributed by atoms with E-state index in [1.807, 2.05) is 0 Å². The number of hydrogen-bond donors (Lipinski definition) is 1. The van der Waals surface area contributed by atoms with Gasteiger partial charge in [0.2, 0.25) is 5.72 Å². The number of amides is 1. The molecule has 0 saturated carbocycles. The summed E-state index contributed by atoms with van der Waals surface area (Å²) in [7, 11) is 0. The van der Waals surface area contributed by atoms with Crippen molar-refractivity contribution in [3.05, 3.63) is 30.1 Å². The molecule has 1 unspecified atom stereocenters. The molecule has 1 heterocycles. The smallest absolute Gasteiger partial charge is 0.357 e. The fraction of sp³-hybridized carbons (Fsp3) is 0.462. The third kappa shape index (κ3) is 3.08. The number of ether oxygens (including phenoxy) is 1. The van der Waals surface area contributed by atoms with Crippen LogP contribution in [0.3, 0.4) is 0 Å². The number of aromatic nitrogens is 1. The largest absolute Gasteiger partial charge is 0.478 e. The van der Waals surface area contributed by atoms with Crippen LogP contribution >= 0.6 is 0 Å². The lowest BCUT2D eigenvalue weighted by Gasteiger charge is -2.36. The van der Waals surface area contributed by atoms with Gasteiger partial charge in [0.15, 0.2) is 0 Å². The van der Waals surface area contributed by atoms with Crippen molar-refractivity contribution in [1.29, 1.82) is 0 Å². The zero-order valence-electron chi connectivity index (χ0n) is 11.3. The second kappa shape index (κ2) is 6.29. The van der Waals surface area contributed by atoms with Crippen LogP contribution in [0.5, 0.6) is 0 Å². The molecule has 104 valence electrons. The highest BCUT2D eigenvalue weighted by molar-refractivity contribution is 5.95. The van der Waals surface area contributed by atoms with Crippen LogP contribution in [0.15, 0.2) is 24.4 Å². The van der Waals surface area contributed by atoms with Crippen LogP contribution in [0.2, 0.25) is 0 Å². The van der Waals surface area contributed by atoms with Crippen molar-refractivity contribution in [2.24, 2.45) is 0 Å². The molecule has 1 atom stereocenters. The minimum Gasteiger partial charge on any atom is -0.478 e. The molecule has 0 aliphatic heterocycles. The summed E-state index contributed by atoms with van der Waals surface area (Å²) in [4.78, 5) is 28.8. The molecule has 6 nitrogen and oxygen atoms in total. The van der Waals surface area contributed by atoms with Crippen molar-refractivity contribution >= 4 is 11.9 Å². The molecule has 0 saturated heterocycles. The first kappa shape index (κ1) is 15.1. The number of carbonyl (C=O) groups is 2. The number of pyridine rings is 1. The van der Waals surface area contributed by atoms with E-state index in [0.717, 1.165) is 4.90 Å². The van der Waals surface area contributed by atoms with Gasteiger partial charge in [-0.25, -0.2) is 4.79 Å². The summed E-state index contributed by atoms with van der Waals surface area (Å²) >= 11 is 0. The molecule has 1 aromatic heterocycles. The molecule has 19 heavy (non-hydrogen) atoms. The Labute approximate surface area is 112 Å². The SMILES string of the molecule is CCOC(C)(C(=O)O)N(CC)C(=O)c1ccccn1. The third-order valence-electron chi connectivity index (χ3n) is 2.78. The van der Waals surface area contributed by atoms with E-state index in [1.165, 1.54) is 13.1 Å². The maximum absolute atomic E-state index is 12.3. The van der Waals surface area contributed by atoms with Gasteiger partial charge in [-0.3, -0.25) is 14.7 Å². The Bertz CT molecular complexity index is 449.